The Morgan fingerprint density at radius 3 is 2.46 bits per heavy atom. The summed E-state index contributed by atoms with van der Waals surface area (Å²) in [6.45, 7) is 6.06. The van der Waals surface area contributed by atoms with Crippen LogP contribution in [0.1, 0.15) is 25.0 Å². The number of benzene rings is 1. The zero-order valence-corrected chi connectivity index (χ0v) is 9.02. The molecule has 13 heavy (non-hydrogen) atoms. The van der Waals surface area contributed by atoms with Gasteiger partial charge in [-0.25, -0.2) is 0 Å². The summed E-state index contributed by atoms with van der Waals surface area (Å²) in [6, 6.07) is 5.92. The maximum Gasteiger partial charge on any atom is 0.0523 e. The first-order valence-electron chi connectivity index (χ1n) is 4.35. The molecule has 0 bridgehead atoms. The molecule has 0 unspecified atom stereocenters. The molecule has 0 atom stereocenters. The van der Waals surface area contributed by atoms with Crippen LogP contribution >= 0.6 is 11.6 Å². The molecule has 0 radical (unpaired) electrons. The topological polar surface area (TPSA) is 20.2 Å². The molecule has 0 aliphatic heterocycles. The normalized spacial score (nSPS) is 11.8. The van der Waals surface area contributed by atoms with Gasteiger partial charge < -0.3 is 5.11 Å². The van der Waals surface area contributed by atoms with Crippen molar-refractivity contribution >= 4 is 11.6 Å². The Morgan fingerprint density at radius 2 is 2.00 bits per heavy atom. The van der Waals surface area contributed by atoms with Gasteiger partial charge in [0.2, 0.25) is 0 Å². The summed E-state index contributed by atoms with van der Waals surface area (Å²) in [5, 5.41) is 9.92. The lowest BCUT2D eigenvalue weighted by Crippen LogP contribution is -2.22. The van der Waals surface area contributed by atoms with Crippen LogP contribution in [0.4, 0.5) is 0 Å². The van der Waals surface area contributed by atoms with Crippen LogP contribution < -0.4 is 0 Å². The number of halogens is 1. The third kappa shape index (κ3) is 2.23. The quantitative estimate of drug-likeness (QED) is 0.775. The molecule has 2 heteroatoms. The highest BCUT2D eigenvalue weighted by atomic mass is 35.5. The van der Waals surface area contributed by atoms with E-state index in [1.165, 1.54) is 0 Å². The Bertz CT molecular complexity index is 305. The van der Waals surface area contributed by atoms with Crippen molar-refractivity contribution in [3.8, 4) is 0 Å². The minimum Gasteiger partial charge on any atom is -0.395 e. The van der Waals surface area contributed by atoms with Crippen molar-refractivity contribution in [1.82, 2.24) is 0 Å². The fraction of sp³-hybridized carbons (Fsp3) is 0.455. The van der Waals surface area contributed by atoms with E-state index in [4.69, 9.17) is 11.6 Å². The van der Waals surface area contributed by atoms with Gasteiger partial charge in [-0.1, -0.05) is 37.6 Å². The molecule has 72 valence electrons. The Kier molecular flexibility index (Phi) is 2.99. The van der Waals surface area contributed by atoms with Gasteiger partial charge in [0.05, 0.1) is 6.61 Å². The number of aliphatic hydroxyl groups is 1. The monoisotopic (exact) mass is 198 g/mol. The van der Waals surface area contributed by atoms with E-state index in [9.17, 15) is 5.11 Å². The van der Waals surface area contributed by atoms with Crippen LogP contribution in [0, 0.1) is 6.92 Å². The summed E-state index contributed by atoms with van der Waals surface area (Å²) >= 11 is 6.08. The molecule has 1 aromatic rings. The fourth-order valence-corrected chi connectivity index (χ4v) is 1.75. The van der Waals surface area contributed by atoms with Crippen molar-refractivity contribution in [3.05, 3.63) is 34.3 Å². The SMILES string of the molecule is Cc1ccc(C(C)(C)CO)c(Cl)c1. The van der Waals surface area contributed by atoms with Crippen LogP contribution in [0.25, 0.3) is 0 Å². The van der Waals surface area contributed by atoms with Gasteiger partial charge in [-0.05, 0) is 24.1 Å². The summed E-state index contributed by atoms with van der Waals surface area (Å²) in [5.74, 6) is 0. The zero-order valence-electron chi connectivity index (χ0n) is 8.26. The maximum atomic E-state index is 9.18. The molecular formula is C11H15ClO. The zero-order chi connectivity index (χ0) is 10.1. The molecule has 1 N–H and O–H groups in total. The molecule has 0 saturated heterocycles. The minimum absolute atomic E-state index is 0.107. The Labute approximate surface area is 84.4 Å². The predicted molar refractivity (Wildman–Crippen MR) is 56.3 cm³/mol. The van der Waals surface area contributed by atoms with Gasteiger partial charge >= 0.3 is 0 Å². The standard InChI is InChI=1S/C11H15ClO/c1-8-4-5-9(10(12)6-8)11(2,3)7-13/h4-6,13H,7H2,1-3H3. The molecule has 0 saturated carbocycles. The van der Waals surface area contributed by atoms with Crippen molar-refractivity contribution in [2.24, 2.45) is 0 Å². The molecule has 0 aliphatic rings. The molecule has 1 aromatic carbocycles. The lowest BCUT2D eigenvalue weighted by Gasteiger charge is -2.23. The highest BCUT2D eigenvalue weighted by Crippen LogP contribution is 2.29. The van der Waals surface area contributed by atoms with Crippen molar-refractivity contribution in [2.45, 2.75) is 26.2 Å². The molecule has 0 aromatic heterocycles. The first kappa shape index (κ1) is 10.6. The van der Waals surface area contributed by atoms with Gasteiger partial charge in [0.15, 0.2) is 0 Å². The van der Waals surface area contributed by atoms with E-state index in [-0.39, 0.29) is 12.0 Å². The minimum atomic E-state index is -0.259. The number of hydrogen-bond acceptors (Lipinski definition) is 1. The highest BCUT2D eigenvalue weighted by Gasteiger charge is 2.21. The Hall–Kier alpha value is -0.530. The molecule has 0 heterocycles. The molecule has 0 aliphatic carbocycles. The lowest BCUT2D eigenvalue weighted by molar-refractivity contribution is 0.218. The molecule has 1 rings (SSSR count). The Balaban J connectivity index is 3.16. The Morgan fingerprint density at radius 1 is 1.38 bits per heavy atom. The fourth-order valence-electron chi connectivity index (χ4n) is 1.25. The molecule has 0 spiro atoms. The van der Waals surface area contributed by atoms with E-state index in [2.05, 4.69) is 0 Å². The summed E-state index contributed by atoms with van der Waals surface area (Å²) in [6.07, 6.45) is 0. The second-order valence-corrected chi connectivity index (χ2v) is 4.43. The lowest BCUT2D eigenvalue weighted by atomic mass is 9.85. The average Bonchev–Trinajstić information content (AvgIpc) is 2.03. The maximum absolute atomic E-state index is 9.18. The highest BCUT2D eigenvalue weighted by molar-refractivity contribution is 6.31. The van der Waals surface area contributed by atoms with E-state index >= 15 is 0 Å². The average molecular weight is 199 g/mol. The first-order valence-corrected chi connectivity index (χ1v) is 4.72. The van der Waals surface area contributed by atoms with Crippen LogP contribution in [0.5, 0.6) is 0 Å². The number of aryl methyl sites for hydroxylation is 1. The van der Waals surface area contributed by atoms with Crippen LogP contribution in [-0.2, 0) is 5.41 Å². The van der Waals surface area contributed by atoms with E-state index in [1.54, 1.807) is 0 Å². The third-order valence-corrected chi connectivity index (χ3v) is 2.56. The van der Waals surface area contributed by atoms with Crippen molar-refractivity contribution in [2.75, 3.05) is 6.61 Å². The van der Waals surface area contributed by atoms with Gasteiger partial charge in [0, 0.05) is 10.4 Å². The van der Waals surface area contributed by atoms with Gasteiger partial charge in [-0.15, -0.1) is 0 Å². The third-order valence-electron chi connectivity index (χ3n) is 2.25. The van der Waals surface area contributed by atoms with Crippen LogP contribution in [0.3, 0.4) is 0 Å². The van der Waals surface area contributed by atoms with E-state index < -0.39 is 0 Å². The van der Waals surface area contributed by atoms with E-state index in [0.717, 1.165) is 16.1 Å². The molecule has 0 amide bonds. The van der Waals surface area contributed by atoms with Crippen molar-refractivity contribution in [3.63, 3.8) is 0 Å². The number of rotatable bonds is 2. The van der Waals surface area contributed by atoms with Crippen molar-refractivity contribution in [1.29, 1.82) is 0 Å². The summed E-state index contributed by atoms with van der Waals surface area (Å²) in [5.41, 5.74) is 1.88. The van der Waals surface area contributed by atoms with Gasteiger partial charge in [0.1, 0.15) is 0 Å². The molecule has 1 nitrogen and oxygen atoms in total. The van der Waals surface area contributed by atoms with Crippen LogP contribution in [-0.4, -0.2) is 11.7 Å². The predicted octanol–water partition coefficient (Wildman–Crippen LogP) is 2.92. The summed E-state index contributed by atoms with van der Waals surface area (Å²) in [7, 11) is 0. The summed E-state index contributed by atoms with van der Waals surface area (Å²) in [4.78, 5) is 0. The van der Waals surface area contributed by atoms with Gasteiger partial charge in [-0.3, -0.25) is 0 Å². The largest absolute Gasteiger partial charge is 0.395 e. The van der Waals surface area contributed by atoms with Gasteiger partial charge in [0.25, 0.3) is 0 Å². The number of aliphatic hydroxyl groups excluding tert-OH is 1. The van der Waals surface area contributed by atoms with E-state index in [0.29, 0.717) is 0 Å². The second kappa shape index (κ2) is 3.69. The van der Waals surface area contributed by atoms with Crippen LogP contribution in [0.2, 0.25) is 5.02 Å². The molecule has 0 fully saturated rings. The smallest absolute Gasteiger partial charge is 0.0523 e. The van der Waals surface area contributed by atoms with Gasteiger partial charge in [-0.2, -0.15) is 0 Å². The van der Waals surface area contributed by atoms with E-state index in [1.807, 2.05) is 39.0 Å². The molecular weight excluding hydrogens is 184 g/mol. The van der Waals surface area contributed by atoms with Crippen molar-refractivity contribution < 1.29 is 5.11 Å². The second-order valence-electron chi connectivity index (χ2n) is 4.03. The van der Waals surface area contributed by atoms with Crippen LogP contribution in [0.15, 0.2) is 18.2 Å². The first-order chi connectivity index (χ1) is 5.97. The summed E-state index contributed by atoms with van der Waals surface area (Å²) < 4.78 is 0. The number of hydrogen-bond donors (Lipinski definition) is 1.